The molecule has 2 aliphatic rings. The molecule has 1 saturated heterocycles. The molecular formula is C15H22N2OS. The van der Waals surface area contributed by atoms with E-state index in [9.17, 15) is 0 Å². The molecule has 1 saturated carbocycles. The van der Waals surface area contributed by atoms with Gasteiger partial charge < -0.3 is 4.74 Å². The van der Waals surface area contributed by atoms with E-state index in [1.54, 1.807) is 0 Å². The highest BCUT2D eigenvalue weighted by atomic mass is 32.2. The molecule has 1 aromatic carbocycles. The lowest BCUT2D eigenvalue weighted by Gasteiger charge is -2.33. The first kappa shape index (κ1) is 13.3. The topological polar surface area (TPSA) is 47.3 Å². The summed E-state index contributed by atoms with van der Waals surface area (Å²) in [6.45, 7) is 2.31. The van der Waals surface area contributed by atoms with E-state index in [1.165, 1.54) is 37.0 Å². The normalized spacial score (nSPS) is 28.3. The fraction of sp³-hybridized carbons (Fsp3) is 0.600. The molecule has 3 rings (SSSR count). The summed E-state index contributed by atoms with van der Waals surface area (Å²) in [7, 11) is 0. The van der Waals surface area contributed by atoms with Crippen molar-refractivity contribution in [2.45, 2.75) is 49.5 Å². The number of benzene rings is 1. The van der Waals surface area contributed by atoms with Gasteiger partial charge in [-0.15, -0.1) is 0 Å². The van der Waals surface area contributed by atoms with Crippen molar-refractivity contribution < 1.29 is 4.74 Å². The summed E-state index contributed by atoms with van der Waals surface area (Å²) in [4.78, 5) is 0. The third kappa shape index (κ3) is 2.91. The van der Waals surface area contributed by atoms with Crippen LogP contribution in [-0.4, -0.2) is 16.6 Å². The van der Waals surface area contributed by atoms with Crippen molar-refractivity contribution in [1.29, 1.82) is 0 Å². The summed E-state index contributed by atoms with van der Waals surface area (Å²) in [5.74, 6) is 8.04. The van der Waals surface area contributed by atoms with E-state index in [2.05, 4.69) is 30.5 Å². The Morgan fingerprint density at radius 2 is 2.32 bits per heavy atom. The highest BCUT2D eigenvalue weighted by Crippen LogP contribution is 2.46. The van der Waals surface area contributed by atoms with Crippen LogP contribution in [0.1, 0.15) is 44.2 Å². The smallest absolute Gasteiger partial charge is 0.120 e. The number of rotatable bonds is 5. The maximum atomic E-state index is 5.88. The minimum Gasteiger partial charge on any atom is -0.490 e. The molecule has 19 heavy (non-hydrogen) atoms. The first-order valence-electron chi connectivity index (χ1n) is 7.08. The molecule has 3 nitrogen and oxygen atoms in total. The van der Waals surface area contributed by atoms with Gasteiger partial charge in [-0.3, -0.25) is 11.3 Å². The summed E-state index contributed by atoms with van der Waals surface area (Å²) in [5, 5.41) is 0. The number of hydrogen-bond donors (Lipinski definition) is 2. The van der Waals surface area contributed by atoms with E-state index in [0.717, 1.165) is 5.75 Å². The summed E-state index contributed by atoms with van der Waals surface area (Å²) in [5.41, 5.74) is 4.25. The number of nitrogens with two attached hydrogens (primary N) is 1. The van der Waals surface area contributed by atoms with Crippen molar-refractivity contribution in [1.82, 2.24) is 5.43 Å². The maximum absolute atomic E-state index is 5.88. The third-order valence-corrected chi connectivity index (χ3v) is 5.64. The lowest BCUT2D eigenvalue weighted by Crippen LogP contribution is -2.41. The summed E-state index contributed by atoms with van der Waals surface area (Å²) < 4.78 is 6.07. The predicted molar refractivity (Wildman–Crippen MR) is 80.3 cm³/mol. The fourth-order valence-corrected chi connectivity index (χ4v) is 4.21. The van der Waals surface area contributed by atoms with Gasteiger partial charge in [0.25, 0.3) is 0 Å². The van der Waals surface area contributed by atoms with E-state index < -0.39 is 0 Å². The quantitative estimate of drug-likeness (QED) is 0.642. The molecule has 1 aromatic rings. The van der Waals surface area contributed by atoms with Gasteiger partial charge in [-0.1, -0.05) is 12.1 Å². The molecule has 2 fully saturated rings. The highest BCUT2D eigenvalue weighted by molar-refractivity contribution is 8.00. The van der Waals surface area contributed by atoms with Gasteiger partial charge in [-0.05, 0) is 56.1 Å². The summed E-state index contributed by atoms with van der Waals surface area (Å²) >= 11 is 2.02. The van der Waals surface area contributed by atoms with Crippen molar-refractivity contribution in [2.75, 3.05) is 5.75 Å². The van der Waals surface area contributed by atoms with Crippen LogP contribution in [-0.2, 0) is 0 Å². The number of hydrazine groups is 1. The molecule has 1 aliphatic heterocycles. The molecule has 0 radical (unpaired) electrons. The van der Waals surface area contributed by atoms with Crippen molar-refractivity contribution in [3.8, 4) is 5.75 Å². The van der Waals surface area contributed by atoms with Crippen LogP contribution in [0, 0.1) is 0 Å². The van der Waals surface area contributed by atoms with Gasteiger partial charge in [0.05, 0.1) is 12.1 Å². The van der Waals surface area contributed by atoms with Crippen LogP contribution in [0.4, 0.5) is 0 Å². The molecular weight excluding hydrogens is 256 g/mol. The van der Waals surface area contributed by atoms with Gasteiger partial charge in [-0.2, -0.15) is 11.8 Å². The number of thioether (sulfide) groups is 1. The predicted octanol–water partition coefficient (Wildman–Crippen LogP) is 3.02. The van der Waals surface area contributed by atoms with Crippen LogP contribution >= 0.6 is 11.8 Å². The second kappa shape index (κ2) is 5.35. The van der Waals surface area contributed by atoms with Crippen molar-refractivity contribution >= 4 is 11.8 Å². The molecule has 1 heterocycles. The van der Waals surface area contributed by atoms with Gasteiger partial charge in [0.1, 0.15) is 5.75 Å². The molecule has 0 amide bonds. The lowest BCUT2D eigenvalue weighted by molar-refractivity contribution is 0.302. The first-order chi connectivity index (χ1) is 9.21. The minimum atomic E-state index is 0.183. The Morgan fingerprint density at radius 3 is 2.95 bits per heavy atom. The Hall–Kier alpha value is -0.710. The van der Waals surface area contributed by atoms with E-state index in [-0.39, 0.29) is 10.8 Å². The molecule has 0 aromatic heterocycles. The minimum absolute atomic E-state index is 0.183. The first-order valence-corrected chi connectivity index (χ1v) is 8.06. The Labute approximate surface area is 119 Å². The Kier molecular flexibility index (Phi) is 3.74. The van der Waals surface area contributed by atoms with Crippen LogP contribution in [0.5, 0.6) is 5.75 Å². The third-order valence-electron chi connectivity index (χ3n) is 4.05. The van der Waals surface area contributed by atoms with Gasteiger partial charge >= 0.3 is 0 Å². The van der Waals surface area contributed by atoms with Crippen LogP contribution in [0.2, 0.25) is 0 Å². The fourth-order valence-electron chi connectivity index (χ4n) is 2.80. The number of hydrogen-bond acceptors (Lipinski definition) is 4. The van der Waals surface area contributed by atoms with E-state index in [4.69, 9.17) is 10.6 Å². The summed E-state index contributed by atoms with van der Waals surface area (Å²) in [6, 6.07) is 8.59. The van der Waals surface area contributed by atoms with Crippen molar-refractivity contribution in [3.63, 3.8) is 0 Å². The van der Waals surface area contributed by atoms with Crippen LogP contribution in [0.15, 0.2) is 24.3 Å². The standard InChI is InChI=1S/C15H22N2OS/c1-15(8-3-9-19-15)14(17-16)11-4-2-5-13(10-11)18-12-6-7-12/h2,4-5,10,12,14,17H,3,6-9,16H2,1H3. The Balaban J connectivity index is 1.81. The number of nitrogens with one attached hydrogen (secondary N) is 1. The van der Waals surface area contributed by atoms with Gasteiger partial charge in [0.2, 0.25) is 0 Å². The van der Waals surface area contributed by atoms with E-state index in [1.807, 2.05) is 17.8 Å². The zero-order valence-electron chi connectivity index (χ0n) is 11.4. The number of ether oxygens (including phenoxy) is 1. The second-order valence-electron chi connectivity index (χ2n) is 5.75. The second-order valence-corrected chi connectivity index (χ2v) is 7.38. The van der Waals surface area contributed by atoms with Gasteiger partial charge in [-0.25, -0.2) is 0 Å². The Morgan fingerprint density at radius 1 is 1.47 bits per heavy atom. The molecule has 4 heteroatoms. The van der Waals surface area contributed by atoms with Crippen LogP contribution < -0.4 is 16.0 Å². The van der Waals surface area contributed by atoms with Crippen molar-refractivity contribution in [3.05, 3.63) is 29.8 Å². The van der Waals surface area contributed by atoms with Crippen LogP contribution in [0.25, 0.3) is 0 Å². The molecule has 2 atom stereocenters. The largest absolute Gasteiger partial charge is 0.490 e. The zero-order valence-corrected chi connectivity index (χ0v) is 12.2. The zero-order chi connectivity index (χ0) is 13.3. The summed E-state index contributed by atoms with van der Waals surface area (Å²) in [6.07, 6.45) is 5.31. The van der Waals surface area contributed by atoms with Crippen molar-refractivity contribution in [2.24, 2.45) is 5.84 Å². The molecule has 2 unspecified atom stereocenters. The maximum Gasteiger partial charge on any atom is 0.120 e. The molecule has 3 N–H and O–H groups in total. The molecule has 1 aliphatic carbocycles. The average molecular weight is 278 g/mol. The molecule has 0 bridgehead atoms. The SMILES string of the molecule is CC1(C(NN)c2cccc(OC3CC3)c2)CCCS1. The van der Waals surface area contributed by atoms with Gasteiger partial charge in [0, 0.05) is 4.75 Å². The monoisotopic (exact) mass is 278 g/mol. The van der Waals surface area contributed by atoms with E-state index in [0.29, 0.717) is 6.10 Å². The molecule has 104 valence electrons. The van der Waals surface area contributed by atoms with Crippen LogP contribution in [0.3, 0.4) is 0 Å². The lowest BCUT2D eigenvalue weighted by atomic mass is 9.90. The average Bonchev–Trinajstić information content (AvgIpc) is 3.10. The van der Waals surface area contributed by atoms with E-state index >= 15 is 0 Å². The molecule has 0 spiro atoms. The Bertz CT molecular complexity index is 442. The highest BCUT2D eigenvalue weighted by Gasteiger charge is 2.38. The van der Waals surface area contributed by atoms with Gasteiger partial charge in [0.15, 0.2) is 0 Å².